The first-order chi connectivity index (χ1) is 12.7. The normalized spacial score (nSPS) is 11.5. The van der Waals surface area contributed by atoms with Crippen LogP contribution in [0, 0.1) is 0 Å². The van der Waals surface area contributed by atoms with E-state index in [4.69, 9.17) is 0 Å². The maximum absolute atomic E-state index is 3.76. The average Bonchev–Trinajstić information content (AvgIpc) is 3.25. The molecule has 0 saturated carbocycles. The Labute approximate surface area is 176 Å². The van der Waals surface area contributed by atoms with Crippen molar-refractivity contribution in [3.63, 3.8) is 0 Å². The molecule has 4 heteroatoms. The van der Waals surface area contributed by atoms with Crippen LogP contribution in [-0.4, -0.2) is 0 Å². The molecule has 126 valence electrons. The number of halogens is 2. The van der Waals surface area contributed by atoms with Crippen molar-refractivity contribution >= 4 is 74.7 Å². The van der Waals surface area contributed by atoms with Crippen molar-refractivity contribution in [3.05, 3.63) is 81.7 Å². The number of thiophene rings is 2. The minimum absolute atomic E-state index is 1.11. The van der Waals surface area contributed by atoms with Gasteiger partial charge in [0.05, 0.1) is 0 Å². The van der Waals surface area contributed by atoms with Gasteiger partial charge in [-0.05, 0) is 47.2 Å². The Hall–Kier alpha value is -1.46. The fourth-order valence-electron chi connectivity index (χ4n) is 3.16. The van der Waals surface area contributed by atoms with E-state index in [9.17, 15) is 0 Å². The molecular formula is C22H12Br2S2. The van der Waals surface area contributed by atoms with Crippen molar-refractivity contribution in [1.29, 1.82) is 0 Å². The Balaban J connectivity index is 1.70. The Morgan fingerprint density at radius 1 is 0.538 bits per heavy atom. The second-order valence-electron chi connectivity index (χ2n) is 6.11. The van der Waals surface area contributed by atoms with Crippen molar-refractivity contribution in [2.75, 3.05) is 0 Å². The number of hydrogen-bond donors (Lipinski definition) is 0. The second kappa shape index (κ2) is 6.61. The van der Waals surface area contributed by atoms with Crippen molar-refractivity contribution in [1.82, 2.24) is 0 Å². The molecule has 0 atom stereocenters. The molecule has 3 aromatic carbocycles. The van der Waals surface area contributed by atoms with Crippen LogP contribution in [0.5, 0.6) is 0 Å². The fourth-order valence-corrected chi connectivity index (χ4v) is 7.03. The third-order valence-electron chi connectivity index (χ3n) is 4.44. The van der Waals surface area contributed by atoms with Crippen LogP contribution in [0.2, 0.25) is 0 Å². The summed E-state index contributed by atoms with van der Waals surface area (Å²) in [6.07, 6.45) is 0. The Bertz CT molecular complexity index is 1100. The first kappa shape index (κ1) is 16.7. The summed E-state index contributed by atoms with van der Waals surface area (Å²) in [5.74, 6) is 0. The molecule has 0 spiro atoms. The number of hydrogen-bond acceptors (Lipinski definition) is 2. The highest BCUT2D eigenvalue weighted by atomic mass is 79.9. The lowest BCUT2D eigenvalue weighted by Crippen LogP contribution is -1.81. The summed E-state index contributed by atoms with van der Waals surface area (Å²) in [4.78, 5) is 2.57. The van der Waals surface area contributed by atoms with Crippen LogP contribution >= 0.6 is 54.5 Å². The molecule has 0 saturated heterocycles. The van der Waals surface area contributed by atoms with Crippen molar-refractivity contribution < 1.29 is 0 Å². The van der Waals surface area contributed by atoms with Gasteiger partial charge in [-0.3, -0.25) is 0 Å². The topological polar surface area (TPSA) is 0 Å². The number of fused-ring (bicyclic) bond motifs is 2. The van der Waals surface area contributed by atoms with Crippen LogP contribution in [0.4, 0.5) is 0 Å². The molecule has 0 aliphatic rings. The lowest BCUT2D eigenvalue weighted by Gasteiger charge is -2.08. The van der Waals surface area contributed by atoms with E-state index in [1.165, 1.54) is 41.1 Å². The van der Waals surface area contributed by atoms with E-state index >= 15 is 0 Å². The summed E-state index contributed by atoms with van der Waals surface area (Å²) in [6.45, 7) is 0. The maximum atomic E-state index is 3.76. The van der Waals surface area contributed by atoms with Crippen molar-refractivity contribution in [2.24, 2.45) is 0 Å². The predicted molar refractivity (Wildman–Crippen MR) is 123 cm³/mol. The van der Waals surface area contributed by atoms with E-state index in [2.05, 4.69) is 105 Å². The third kappa shape index (κ3) is 2.85. The molecule has 0 N–H and O–H groups in total. The predicted octanol–water partition coefficient (Wildman–Crippen LogP) is 8.97. The molecule has 2 aromatic heterocycles. The van der Waals surface area contributed by atoms with E-state index in [1.54, 1.807) is 0 Å². The molecule has 2 heterocycles. The molecule has 0 aliphatic carbocycles. The summed E-state index contributed by atoms with van der Waals surface area (Å²) >= 11 is 11.2. The fraction of sp³-hybridized carbons (Fsp3) is 0. The third-order valence-corrected chi connectivity index (χ3v) is 8.05. The second-order valence-corrected chi connectivity index (χ2v) is 9.99. The highest BCUT2D eigenvalue weighted by molar-refractivity contribution is 9.11. The minimum atomic E-state index is 1.11. The van der Waals surface area contributed by atoms with Gasteiger partial charge in [-0.2, -0.15) is 0 Å². The SMILES string of the molecule is Brc1cc(Br)c(-c2cc3ccccc3s2)cc1-c1cc2ccccc2s1. The molecule has 26 heavy (non-hydrogen) atoms. The monoisotopic (exact) mass is 498 g/mol. The quantitative estimate of drug-likeness (QED) is 0.227. The molecule has 0 nitrogen and oxygen atoms in total. The molecule has 0 amide bonds. The van der Waals surface area contributed by atoms with Crippen molar-refractivity contribution in [3.8, 4) is 20.9 Å². The van der Waals surface area contributed by atoms with Gasteiger partial charge in [-0.1, -0.05) is 68.3 Å². The van der Waals surface area contributed by atoms with Gasteiger partial charge in [0.25, 0.3) is 0 Å². The summed E-state index contributed by atoms with van der Waals surface area (Å²) < 4.78 is 4.86. The van der Waals surface area contributed by atoms with Gasteiger partial charge in [0.1, 0.15) is 0 Å². The van der Waals surface area contributed by atoms with Crippen LogP contribution < -0.4 is 0 Å². The summed E-state index contributed by atoms with van der Waals surface area (Å²) in [5, 5.41) is 2.59. The van der Waals surface area contributed by atoms with Gasteiger partial charge in [-0.15, -0.1) is 22.7 Å². The smallest absolute Gasteiger partial charge is 0.0366 e. The van der Waals surface area contributed by atoms with Crippen LogP contribution in [-0.2, 0) is 0 Å². The zero-order valence-corrected chi connectivity index (χ0v) is 18.3. The molecule has 0 aliphatic heterocycles. The van der Waals surface area contributed by atoms with E-state index in [0.29, 0.717) is 0 Å². The van der Waals surface area contributed by atoms with Gasteiger partial charge in [0.2, 0.25) is 0 Å². The van der Waals surface area contributed by atoms with Crippen LogP contribution in [0.3, 0.4) is 0 Å². The van der Waals surface area contributed by atoms with Gasteiger partial charge in [-0.25, -0.2) is 0 Å². The maximum Gasteiger partial charge on any atom is 0.0366 e. The molecule has 0 bridgehead atoms. The molecule has 5 aromatic rings. The number of benzene rings is 3. The number of rotatable bonds is 2. The standard InChI is InChI=1S/C22H12Br2S2/c23-17-12-18(24)16(22-10-14-6-2-4-8-20(14)26-22)11-15(17)21-9-13-5-1-3-7-19(13)25-21/h1-12H. The summed E-state index contributed by atoms with van der Waals surface area (Å²) in [6, 6.07) is 26.1. The first-order valence-corrected chi connectivity index (χ1v) is 11.4. The van der Waals surface area contributed by atoms with Gasteiger partial charge < -0.3 is 0 Å². The molecule has 0 radical (unpaired) electrons. The molecule has 0 fully saturated rings. The molecule has 5 rings (SSSR count). The average molecular weight is 500 g/mol. The highest BCUT2D eigenvalue weighted by Crippen LogP contribution is 2.44. The molecular weight excluding hydrogens is 488 g/mol. The molecule has 0 unspecified atom stereocenters. The van der Waals surface area contributed by atoms with E-state index in [-0.39, 0.29) is 0 Å². The van der Waals surface area contributed by atoms with Crippen LogP contribution in [0.25, 0.3) is 41.1 Å². The zero-order valence-electron chi connectivity index (χ0n) is 13.5. The summed E-state index contributed by atoms with van der Waals surface area (Å²) in [7, 11) is 0. The van der Waals surface area contributed by atoms with E-state index in [1.807, 2.05) is 22.7 Å². The largest absolute Gasteiger partial charge is 0.135 e. The first-order valence-electron chi connectivity index (χ1n) is 8.16. The Morgan fingerprint density at radius 3 is 1.46 bits per heavy atom. The van der Waals surface area contributed by atoms with Crippen LogP contribution in [0.15, 0.2) is 81.7 Å². The zero-order chi connectivity index (χ0) is 17.7. The highest BCUT2D eigenvalue weighted by Gasteiger charge is 2.14. The Kier molecular flexibility index (Phi) is 4.24. The van der Waals surface area contributed by atoms with E-state index in [0.717, 1.165) is 8.95 Å². The summed E-state index contributed by atoms with van der Waals surface area (Å²) in [5.41, 5.74) is 2.48. The van der Waals surface area contributed by atoms with Crippen LogP contribution in [0.1, 0.15) is 0 Å². The van der Waals surface area contributed by atoms with Crippen molar-refractivity contribution in [2.45, 2.75) is 0 Å². The van der Waals surface area contributed by atoms with Gasteiger partial charge in [0, 0.05) is 39.2 Å². The lowest BCUT2D eigenvalue weighted by atomic mass is 10.1. The Morgan fingerprint density at radius 2 is 1.00 bits per heavy atom. The minimum Gasteiger partial charge on any atom is -0.135 e. The van der Waals surface area contributed by atoms with Gasteiger partial charge >= 0.3 is 0 Å². The van der Waals surface area contributed by atoms with E-state index < -0.39 is 0 Å². The van der Waals surface area contributed by atoms with Gasteiger partial charge in [0.15, 0.2) is 0 Å². The lowest BCUT2D eigenvalue weighted by molar-refractivity contribution is 1.60.